The molecule has 35 heteroatoms. The van der Waals surface area contributed by atoms with Gasteiger partial charge in [-0.3, -0.25) is 33.6 Å². The van der Waals surface area contributed by atoms with Gasteiger partial charge in [0.1, 0.15) is 31.8 Å². The van der Waals surface area contributed by atoms with Crippen molar-refractivity contribution in [3.05, 3.63) is 48.0 Å². The maximum absolute atomic E-state index is 13.1. The fourth-order valence-electron chi connectivity index (χ4n) is 5.40. The second-order valence-electron chi connectivity index (χ2n) is 12.4. The summed E-state index contributed by atoms with van der Waals surface area (Å²) in [6, 6.07) is 4.53. The summed E-state index contributed by atoms with van der Waals surface area (Å²) in [6.07, 6.45) is 0. The summed E-state index contributed by atoms with van der Waals surface area (Å²) < 4.78 is 233. The molecule has 2 atom stereocenters. The lowest BCUT2D eigenvalue weighted by Gasteiger charge is -2.19. The first-order valence-corrected chi connectivity index (χ1v) is 26.2. The van der Waals surface area contributed by atoms with Crippen molar-refractivity contribution in [1.82, 2.24) is 0 Å². The second kappa shape index (κ2) is 17.2. The van der Waals surface area contributed by atoms with Crippen molar-refractivity contribution in [3.8, 4) is 11.5 Å². The lowest BCUT2D eigenvalue weighted by atomic mass is 10.1. The van der Waals surface area contributed by atoms with Gasteiger partial charge in [-0.25, -0.2) is 25.2 Å². The van der Waals surface area contributed by atoms with E-state index in [9.17, 15) is 77.7 Å². The van der Waals surface area contributed by atoms with Gasteiger partial charge in [-0.05, 0) is 62.7 Å². The maximum atomic E-state index is 13.1. The van der Waals surface area contributed by atoms with Crippen LogP contribution in [0.25, 0.3) is 10.8 Å². The number of aryl methyl sites for hydroxylation is 1. The number of nitrogens with one attached hydrogen (secondary N) is 2. The third-order valence-electron chi connectivity index (χ3n) is 8.20. The highest BCUT2D eigenvalue weighted by Crippen LogP contribution is 2.47. The molecule has 0 saturated carbocycles. The van der Waals surface area contributed by atoms with Crippen LogP contribution >= 0.6 is 0 Å². The number of aromatic hydroxyl groups is 1. The SMILES string of the molecule is COc1cc(S(=O)(=O)C(C)OS(=O)(=O)O)c(C)cc1N=Nc1c(S(=O)(=O)O)cc2c(S(=O)(=O)O)c(N)c(NNc3ccc(S(=O)(=O)C(C)OS(=O)(=O)O)cc3S(=O)(=O)O)cc2c1O. The van der Waals surface area contributed by atoms with E-state index in [2.05, 4.69) is 29.4 Å². The van der Waals surface area contributed by atoms with Gasteiger partial charge in [0.05, 0.1) is 34.0 Å². The number of nitrogens with zero attached hydrogens (tertiary/aromatic N) is 2. The maximum Gasteiger partial charge on any atom is 0.398 e. The minimum Gasteiger partial charge on any atom is -0.505 e. The molecule has 0 heterocycles. The Balaban J connectivity index is 1.93. The molecule has 348 valence electrons. The van der Waals surface area contributed by atoms with Crippen LogP contribution in [-0.2, 0) is 79.2 Å². The van der Waals surface area contributed by atoms with Gasteiger partial charge in [0.2, 0.25) is 19.7 Å². The molecule has 0 aliphatic carbocycles. The molecule has 0 bridgehead atoms. The molecular formula is C28H31N5O23S7. The fourth-order valence-corrected chi connectivity index (χ4v) is 11.8. The number of rotatable bonds is 17. The minimum atomic E-state index is -5.56. The zero-order valence-electron chi connectivity index (χ0n) is 31.6. The molecule has 0 aromatic heterocycles. The first-order chi connectivity index (χ1) is 28.4. The summed E-state index contributed by atoms with van der Waals surface area (Å²) in [4.78, 5) is -5.56. The Labute approximate surface area is 357 Å². The zero-order valence-corrected chi connectivity index (χ0v) is 37.4. The van der Waals surface area contributed by atoms with E-state index < -0.39 is 157 Å². The Hall–Kier alpha value is -4.89. The van der Waals surface area contributed by atoms with E-state index >= 15 is 0 Å². The molecule has 0 fully saturated rings. The number of fused-ring (bicyclic) bond motifs is 1. The summed E-state index contributed by atoms with van der Waals surface area (Å²) >= 11 is 0. The molecule has 4 rings (SSSR count). The fraction of sp³-hybridized carbons (Fsp3) is 0.214. The van der Waals surface area contributed by atoms with Gasteiger partial charge in [-0.15, -0.1) is 10.2 Å². The summed E-state index contributed by atoms with van der Waals surface area (Å²) in [5.74, 6) is -1.78. The Morgan fingerprint density at radius 3 is 1.63 bits per heavy atom. The molecule has 63 heavy (non-hydrogen) atoms. The first-order valence-electron chi connectivity index (χ1n) is 16.0. The summed E-state index contributed by atoms with van der Waals surface area (Å²) in [6.45, 7) is 2.60. The molecule has 0 aliphatic heterocycles. The van der Waals surface area contributed by atoms with Gasteiger partial charge in [0.15, 0.2) is 16.6 Å². The van der Waals surface area contributed by atoms with Crippen LogP contribution in [0.4, 0.5) is 28.4 Å². The van der Waals surface area contributed by atoms with E-state index in [-0.39, 0.29) is 5.56 Å². The van der Waals surface area contributed by atoms with Gasteiger partial charge in [0.25, 0.3) is 30.4 Å². The summed E-state index contributed by atoms with van der Waals surface area (Å²) in [7, 11) is -35.7. The topological polar surface area (TPSA) is 463 Å². The number of ether oxygens (including phenoxy) is 1. The number of nitrogen functional groups attached to an aromatic ring is 1. The molecule has 0 aliphatic rings. The number of hydrogen-bond acceptors (Lipinski definition) is 23. The zero-order chi connectivity index (χ0) is 48.2. The highest BCUT2D eigenvalue weighted by atomic mass is 32.3. The molecule has 28 nitrogen and oxygen atoms in total. The smallest absolute Gasteiger partial charge is 0.398 e. The molecule has 10 N–H and O–H groups in total. The van der Waals surface area contributed by atoms with Crippen molar-refractivity contribution in [2.45, 2.75) is 56.1 Å². The Bertz CT molecular complexity index is 3400. The van der Waals surface area contributed by atoms with E-state index in [4.69, 9.17) is 19.6 Å². The predicted molar refractivity (Wildman–Crippen MR) is 214 cm³/mol. The number of methoxy groups -OCH3 is 1. The number of phenolic OH excluding ortho intramolecular Hbond substituents is 1. The number of hydrogen-bond donors (Lipinski definition) is 9. The van der Waals surface area contributed by atoms with Crippen molar-refractivity contribution in [2.75, 3.05) is 23.7 Å². The first kappa shape index (κ1) is 50.8. The third kappa shape index (κ3) is 11.3. The van der Waals surface area contributed by atoms with Crippen LogP contribution < -0.4 is 21.3 Å². The molecule has 4 aromatic rings. The number of nitrogens with two attached hydrogens (primary N) is 1. The number of azo groups is 1. The number of hydrazine groups is 1. The van der Waals surface area contributed by atoms with E-state index in [0.717, 1.165) is 32.2 Å². The predicted octanol–water partition coefficient (Wildman–Crippen LogP) is 1.92. The van der Waals surface area contributed by atoms with Gasteiger partial charge in [0, 0.05) is 16.8 Å². The summed E-state index contributed by atoms with van der Waals surface area (Å²) in [5, 5.41) is 17.1. The standard InChI is InChI=1S/C28H31N5O23S7/c1-12-7-19(21(54-4)11-22(12)58(37,38)14(3)56-63(51,52)53)31-33-26-24(60(42,43)44)10-17-16(27(26)34)9-20(25(29)28(17)61(45,46)47)32-30-18-6-5-15(8-23(18)59(39,40)41)57(35,36)13(2)55-62(48,49)50/h5-11,13-14,30,32,34H,29H2,1-4H3,(H,39,40,41)(H,42,43,44)(H,45,46,47)(H,48,49,50)(H,51,52,53). The summed E-state index contributed by atoms with van der Waals surface area (Å²) in [5.41, 5.74) is 1.63. The van der Waals surface area contributed by atoms with Crippen molar-refractivity contribution in [1.29, 1.82) is 0 Å². The van der Waals surface area contributed by atoms with E-state index in [1.807, 2.05) is 0 Å². The Kier molecular flexibility index (Phi) is 13.9. The molecule has 0 spiro atoms. The molecule has 0 radical (unpaired) electrons. The minimum absolute atomic E-state index is 0.195. The largest absolute Gasteiger partial charge is 0.505 e. The Morgan fingerprint density at radius 1 is 0.619 bits per heavy atom. The lowest BCUT2D eigenvalue weighted by Crippen LogP contribution is -2.25. The molecule has 4 aromatic carbocycles. The highest BCUT2D eigenvalue weighted by Gasteiger charge is 2.33. The van der Waals surface area contributed by atoms with Crippen molar-refractivity contribution < 1.29 is 99.9 Å². The number of benzene rings is 4. The van der Waals surface area contributed by atoms with Gasteiger partial charge in [-0.1, -0.05) is 0 Å². The van der Waals surface area contributed by atoms with Crippen LogP contribution in [0, 0.1) is 6.92 Å². The van der Waals surface area contributed by atoms with Crippen molar-refractivity contribution >= 4 is 110 Å². The van der Waals surface area contributed by atoms with Crippen LogP contribution in [-0.4, -0.2) is 105 Å². The number of anilines is 3. The van der Waals surface area contributed by atoms with Gasteiger partial charge in [-0.2, -0.15) is 42.1 Å². The average molecular weight is 1030 g/mol. The normalized spacial score (nSPS) is 14.4. The molecule has 0 saturated heterocycles. The van der Waals surface area contributed by atoms with E-state index in [1.54, 1.807) is 0 Å². The Morgan fingerprint density at radius 2 is 1.14 bits per heavy atom. The van der Waals surface area contributed by atoms with Gasteiger partial charge >= 0.3 is 20.8 Å². The number of phenols is 1. The van der Waals surface area contributed by atoms with E-state index in [0.29, 0.717) is 31.2 Å². The average Bonchev–Trinajstić information content (AvgIpc) is 3.10. The number of sulfone groups is 2. The lowest BCUT2D eigenvalue weighted by molar-refractivity contribution is 0.250. The van der Waals surface area contributed by atoms with Crippen LogP contribution in [0.1, 0.15) is 19.4 Å². The van der Waals surface area contributed by atoms with E-state index in [1.165, 1.54) is 6.92 Å². The van der Waals surface area contributed by atoms with Crippen LogP contribution in [0.3, 0.4) is 0 Å². The third-order valence-corrected chi connectivity index (χ3v) is 16.1. The molecule has 0 amide bonds. The molecular weight excluding hydrogens is 999 g/mol. The van der Waals surface area contributed by atoms with Gasteiger partial charge < -0.3 is 15.6 Å². The highest BCUT2D eigenvalue weighted by molar-refractivity contribution is 7.93. The van der Waals surface area contributed by atoms with Crippen LogP contribution in [0.2, 0.25) is 0 Å². The quantitative estimate of drug-likeness (QED) is 0.0316. The molecule has 2 unspecified atom stereocenters. The second-order valence-corrected chi connectivity index (χ2v) is 23.1. The van der Waals surface area contributed by atoms with Crippen molar-refractivity contribution in [3.63, 3.8) is 0 Å². The van der Waals surface area contributed by atoms with Crippen LogP contribution in [0.5, 0.6) is 11.5 Å². The monoisotopic (exact) mass is 1030 g/mol. The van der Waals surface area contributed by atoms with Crippen molar-refractivity contribution in [2.24, 2.45) is 10.2 Å². The van der Waals surface area contributed by atoms with Crippen LogP contribution in [0.15, 0.2) is 77.2 Å².